The van der Waals surface area contributed by atoms with Crippen LogP contribution in [-0.2, 0) is 10.2 Å². The molecule has 4 rings (SSSR count). The molecular formula is C21H22ClNO2. The van der Waals surface area contributed by atoms with Gasteiger partial charge in [-0.3, -0.25) is 4.79 Å². The topological polar surface area (TPSA) is 38.3 Å². The maximum atomic E-state index is 13.1. The van der Waals surface area contributed by atoms with E-state index in [2.05, 4.69) is 11.4 Å². The Morgan fingerprint density at radius 3 is 2.60 bits per heavy atom. The SMILES string of the molecule is O=C(NCC1COc2ccccc21)C1(c2ccc(Cl)cc2)CCCC1. The van der Waals surface area contributed by atoms with E-state index in [1.165, 1.54) is 5.56 Å². The summed E-state index contributed by atoms with van der Waals surface area (Å²) in [6.45, 7) is 1.25. The molecule has 130 valence electrons. The molecule has 0 aromatic heterocycles. The maximum Gasteiger partial charge on any atom is 0.230 e. The Hall–Kier alpha value is -2.00. The van der Waals surface area contributed by atoms with Crippen LogP contribution in [0.3, 0.4) is 0 Å². The molecule has 25 heavy (non-hydrogen) atoms. The Labute approximate surface area is 153 Å². The van der Waals surface area contributed by atoms with Gasteiger partial charge in [-0.15, -0.1) is 0 Å². The number of ether oxygens (including phenoxy) is 1. The number of hydrogen-bond acceptors (Lipinski definition) is 2. The van der Waals surface area contributed by atoms with Crippen molar-refractivity contribution in [1.82, 2.24) is 5.32 Å². The van der Waals surface area contributed by atoms with Gasteiger partial charge in [-0.05, 0) is 36.6 Å². The van der Waals surface area contributed by atoms with Crippen molar-refractivity contribution in [2.75, 3.05) is 13.2 Å². The Balaban J connectivity index is 1.50. The first-order valence-corrected chi connectivity index (χ1v) is 9.33. The van der Waals surface area contributed by atoms with Crippen molar-refractivity contribution in [3.8, 4) is 5.75 Å². The first-order chi connectivity index (χ1) is 12.2. The number of carbonyl (C=O) groups is 1. The zero-order chi connectivity index (χ0) is 17.3. The molecule has 3 nitrogen and oxygen atoms in total. The number of halogens is 1. The molecule has 0 spiro atoms. The van der Waals surface area contributed by atoms with E-state index in [4.69, 9.17) is 16.3 Å². The van der Waals surface area contributed by atoms with Crippen LogP contribution in [0.5, 0.6) is 5.75 Å². The Bertz CT molecular complexity index is 766. The molecule has 1 fully saturated rings. The van der Waals surface area contributed by atoms with Crippen molar-refractivity contribution in [2.24, 2.45) is 0 Å². The molecule has 0 saturated heterocycles. The highest BCUT2D eigenvalue weighted by Crippen LogP contribution is 2.42. The van der Waals surface area contributed by atoms with Gasteiger partial charge in [0.25, 0.3) is 0 Å². The summed E-state index contributed by atoms with van der Waals surface area (Å²) in [5.74, 6) is 1.30. The number of amides is 1. The summed E-state index contributed by atoms with van der Waals surface area (Å²) in [5, 5.41) is 3.92. The summed E-state index contributed by atoms with van der Waals surface area (Å²) in [6.07, 6.45) is 3.98. The minimum atomic E-state index is -0.413. The molecule has 2 aliphatic rings. The lowest BCUT2D eigenvalue weighted by molar-refractivity contribution is -0.126. The van der Waals surface area contributed by atoms with Crippen LogP contribution in [0.4, 0.5) is 0 Å². The van der Waals surface area contributed by atoms with Gasteiger partial charge in [0, 0.05) is 23.0 Å². The normalized spacial score (nSPS) is 20.8. The monoisotopic (exact) mass is 355 g/mol. The lowest BCUT2D eigenvalue weighted by atomic mass is 9.78. The minimum absolute atomic E-state index is 0.136. The third kappa shape index (κ3) is 3.02. The molecule has 0 radical (unpaired) electrons. The van der Waals surface area contributed by atoms with Gasteiger partial charge in [-0.25, -0.2) is 0 Å². The fraction of sp³-hybridized carbons (Fsp3) is 0.381. The second-order valence-corrected chi connectivity index (χ2v) is 7.49. The molecule has 1 unspecified atom stereocenters. The van der Waals surface area contributed by atoms with Gasteiger partial charge in [0.05, 0.1) is 12.0 Å². The number of para-hydroxylation sites is 1. The lowest BCUT2D eigenvalue weighted by Crippen LogP contribution is -2.44. The molecule has 1 aliphatic carbocycles. The number of carbonyl (C=O) groups excluding carboxylic acids is 1. The van der Waals surface area contributed by atoms with Gasteiger partial charge < -0.3 is 10.1 Å². The minimum Gasteiger partial charge on any atom is -0.493 e. The summed E-state index contributed by atoms with van der Waals surface area (Å²) >= 11 is 6.02. The van der Waals surface area contributed by atoms with Crippen molar-refractivity contribution in [3.05, 3.63) is 64.7 Å². The average molecular weight is 356 g/mol. The van der Waals surface area contributed by atoms with Crippen LogP contribution in [0.15, 0.2) is 48.5 Å². The number of nitrogens with one attached hydrogen (secondary N) is 1. The molecule has 4 heteroatoms. The van der Waals surface area contributed by atoms with E-state index in [9.17, 15) is 4.79 Å². The predicted octanol–water partition coefficient (Wildman–Crippen LogP) is 4.44. The number of benzene rings is 2. The summed E-state index contributed by atoms with van der Waals surface area (Å²) in [7, 11) is 0. The average Bonchev–Trinajstić information content (AvgIpc) is 3.28. The Morgan fingerprint density at radius 1 is 1.12 bits per heavy atom. The summed E-state index contributed by atoms with van der Waals surface area (Å²) in [5.41, 5.74) is 1.86. The van der Waals surface area contributed by atoms with Crippen molar-refractivity contribution < 1.29 is 9.53 Å². The van der Waals surface area contributed by atoms with E-state index in [1.54, 1.807) is 0 Å². The largest absolute Gasteiger partial charge is 0.493 e. The molecule has 1 aliphatic heterocycles. The molecule has 0 bridgehead atoms. The van der Waals surface area contributed by atoms with Crippen molar-refractivity contribution in [1.29, 1.82) is 0 Å². The van der Waals surface area contributed by atoms with Crippen LogP contribution in [-0.4, -0.2) is 19.1 Å². The molecule has 1 amide bonds. The molecule has 1 atom stereocenters. The fourth-order valence-corrected chi connectivity index (χ4v) is 4.30. The summed E-state index contributed by atoms with van der Waals surface area (Å²) < 4.78 is 5.73. The number of hydrogen-bond donors (Lipinski definition) is 1. The van der Waals surface area contributed by atoms with Gasteiger partial charge in [-0.1, -0.05) is 54.8 Å². The number of fused-ring (bicyclic) bond motifs is 1. The summed E-state index contributed by atoms with van der Waals surface area (Å²) in [4.78, 5) is 13.1. The highest BCUT2D eigenvalue weighted by Gasteiger charge is 2.42. The van der Waals surface area contributed by atoms with Gasteiger partial charge in [-0.2, -0.15) is 0 Å². The van der Waals surface area contributed by atoms with Crippen LogP contribution >= 0.6 is 11.6 Å². The molecule has 1 saturated carbocycles. The Morgan fingerprint density at radius 2 is 1.84 bits per heavy atom. The van der Waals surface area contributed by atoms with Gasteiger partial charge in [0.15, 0.2) is 0 Å². The van der Waals surface area contributed by atoms with E-state index in [1.807, 2.05) is 42.5 Å². The van der Waals surface area contributed by atoms with E-state index in [-0.39, 0.29) is 11.8 Å². The first-order valence-electron chi connectivity index (χ1n) is 8.95. The van der Waals surface area contributed by atoms with E-state index < -0.39 is 5.41 Å². The van der Waals surface area contributed by atoms with Crippen molar-refractivity contribution >= 4 is 17.5 Å². The third-order valence-electron chi connectivity index (χ3n) is 5.60. The number of rotatable bonds is 4. The molecular weight excluding hydrogens is 334 g/mol. The molecule has 2 aromatic rings. The molecule has 2 aromatic carbocycles. The van der Waals surface area contributed by atoms with E-state index in [0.717, 1.165) is 37.0 Å². The first kappa shape index (κ1) is 16.5. The third-order valence-corrected chi connectivity index (χ3v) is 5.85. The standard InChI is InChI=1S/C21H22ClNO2/c22-17-9-7-16(8-10-17)21(11-3-4-12-21)20(24)23-13-15-14-25-19-6-2-1-5-18(15)19/h1-2,5-10,15H,3-4,11-14H2,(H,23,24). The van der Waals surface area contributed by atoms with E-state index >= 15 is 0 Å². The highest BCUT2D eigenvalue weighted by molar-refractivity contribution is 6.30. The van der Waals surface area contributed by atoms with E-state index in [0.29, 0.717) is 18.2 Å². The zero-order valence-electron chi connectivity index (χ0n) is 14.1. The van der Waals surface area contributed by atoms with Crippen molar-refractivity contribution in [3.63, 3.8) is 0 Å². The zero-order valence-corrected chi connectivity index (χ0v) is 14.9. The fourth-order valence-electron chi connectivity index (χ4n) is 4.18. The molecule has 1 N–H and O–H groups in total. The van der Waals surface area contributed by atoms with Gasteiger partial charge in [0.2, 0.25) is 5.91 Å². The quantitative estimate of drug-likeness (QED) is 0.880. The van der Waals surface area contributed by atoms with Crippen LogP contribution < -0.4 is 10.1 Å². The second kappa shape index (κ2) is 6.72. The van der Waals surface area contributed by atoms with Gasteiger partial charge >= 0.3 is 0 Å². The Kier molecular flexibility index (Phi) is 4.43. The maximum absolute atomic E-state index is 13.1. The smallest absolute Gasteiger partial charge is 0.230 e. The second-order valence-electron chi connectivity index (χ2n) is 7.05. The van der Waals surface area contributed by atoms with Crippen LogP contribution in [0.2, 0.25) is 5.02 Å². The molecule has 1 heterocycles. The van der Waals surface area contributed by atoms with Gasteiger partial charge in [0.1, 0.15) is 5.75 Å². The van der Waals surface area contributed by atoms with Crippen LogP contribution in [0.1, 0.15) is 42.7 Å². The van der Waals surface area contributed by atoms with Crippen LogP contribution in [0.25, 0.3) is 0 Å². The lowest BCUT2D eigenvalue weighted by Gasteiger charge is -2.29. The predicted molar refractivity (Wildman–Crippen MR) is 99.3 cm³/mol. The highest BCUT2D eigenvalue weighted by atomic mass is 35.5. The van der Waals surface area contributed by atoms with Crippen LogP contribution in [0, 0.1) is 0 Å². The summed E-state index contributed by atoms with van der Waals surface area (Å²) in [6, 6.07) is 15.8. The van der Waals surface area contributed by atoms with Crippen molar-refractivity contribution in [2.45, 2.75) is 37.0 Å².